The zero-order valence-corrected chi connectivity index (χ0v) is 10.9. The highest BCUT2D eigenvalue weighted by Gasteiger charge is 2.21. The van der Waals surface area contributed by atoms with Gasteiger partial charge in [-0.25, -0.2) is 0 Å². The Morgan fingerprint density at radius 3 is 2.53 bits per heavy atom. The highest BCUT2D eigenvalue weighted by molar-refractivity contribution is 5.70. The maximum atomic E-state index is 11.3. The van der Waals surface area contributed by atoms with Gasteiger partial charge < -0.3 is 5.11 Å². The van der Waals surface area contributed by atoms with Crippen LogP contribution in [0.4, 0.5) is 0 Å². The van der Waals surface area contributed by atoms with E-state index >= 15 is 0 Å². The van der Waals surface area contributed by atoms with Gasteiger partial charge in [-0.3, -0.25) is 4.79 Å². The average molecular weight is 260 g/mol. The van der Waals surface area contributed by atoms with Crippen molar-refractivity contribution < 1.29 is 9.90 Å². The van der Waals surface area contributed by atoms with Crippen molar-refractivity contribution in [3.8, 4) is 0 Å². The minimum absolute atomic E-state index is 0.289. The Labute approximate surface area is 111 Å². The van der Waals surface area contributed by atoms with Gasteiger partial charge in [-0.2, -0.15) is 4.80 Å². The van der Waals surface area contributed by atoms with Gasteiger partial charge in [-0.1, -0.05) is 29.8 Å². The van der Waals surface area contributed by atoms with Crippen molar-refractivity contribution in [3.05, 3.63) is 41.2 Å². The number of hydrogen-bond acceptors (Lipinski definition) is 4. The molecule has 0 aliphatic heterocycles. The summed E-state index contributed by atoms with van der Waals surface area (Å²) in [6.07, 6.45) is 0.755. The van der Waals surface area contributed by atoms with Crippen LogP contribution in [0.25, 0.3) is 0 Å². The molecule has 19 heavy (non-hydrogen) atoms. The quantitative estimate of drug-likeness (QED) is 0.867. The van der Waals surface area contributed by atoms with E-state index in [1.54, 1.807) is 7.05 Å². The van der Waals surface area contributed by atoms with Crippen molar-refractivity contribution in [2.24, 2.45) is 13.0 Å². The van der Waals surface area contributed by atoms with E-state index in [-0.39, 0.29) is 6.42 Å². The van der Waals surface area contributed by atoms with Gasteiger partial charge in [0, 0.05) is 6.42 Å². The molecule has 1 unspecified atom stereocenters. The second-order valence-electron chi connectivity index (χ2n) is 4.62. The summed E-state index contributed by atoms with van der Waals surface area (Å²) >= 11 is 0. The number of hydrogen-bond donors (Lipinski definition) is 1. The van der Waals surface area contributed by atoms with E-state index in [1.165, 1.54) is 4.80 Å². The molecular formula is C13H16N4O2. The number of aryl methyl sites for hydroxylation is 2. The van der Waals surface area contributed by atoms with Gasteiger partial charge in [0.25, 0.3) is 0 Å². The molecule has 6 nitrogen and oxygen atoms in total. The minimum atomic E-state index is -0.840. The Bertz CT molecular complexity index is 562. The Balaban J connectivity index is 2.08. The first-order chi connectivity index (χ1) is 9.04. The van der Waals surface area contributed by atoms with Crippen molar-refractivity contribution in [2.45, 2.75) is 19.8 Å². The molecule has 0 spiro atoms. The van der Waals surface area contributed by atoms with Crippen molar-refractivity contribution >= 4 is 5.97 Å². The van der Waals surface area contributed by atoms with Gasteiger partial charge in [0.05, 0.1) is 13.0 Å². The average Bonchev–Trinajstić information content (AvgIpc) is 2.76. The zero-order valence-electron chi connectivity index (χ0n) is 10.9. The standard InChI is InChI=1S/C13H16N4O2/c1-9-3-5-10(6-4-9)7-11(13(18)19)8-12-14-16-17(2)15-12/h3-6,11H,7-8H2,1-2H3,(H,18,19). The van der Waals surface area contributed by atoms with Crippen molar-refractivity contribution in [1.29, 1.82) is 0 Å². The SMILES string of the molecule is Cc1ccc(CC(Cc2nnn(C)n2)C(=O)O)cc1. The molecule has 0 aliphatic carbocycles. The summed E-state index contributed by atoms with van der Waals surface area (Å²) in [6, 6.07) is 7.87. The molecule has 100 valence electrons. The number of nitrogens with zero attached hydrogens (tertiary/aromatic N) is 4. The Kier molecular flexibility index (Phi) is 3.89. The molecule has 2 rings (SSSR count). The van der Waals surface area contributed by atoms with Gasteiger partial charge in [0.1, 0.15) is 0 Å². The normalized spacial score (nSPS) is 12.3. The zero-order chi connectivity index (χ0) is 13.8. The molecule has 1 heterocycles. The summed E-state index contributed by atoms with van der Waals surface area (Å²) < 4.78 is 0. The smallest absolute Gasteiger partial charge is 0.307 e. The van der Waals surface area contributed by atoms with E-state index in [4.69, 9.17) is 0 Å². The van der Waals surface area contributed by atoms with E-state index in [9.17, 15) is 9.90 Å². The van der Waals surface area contributed by atoms with E-state index in [2.05, 4.69) is 15.4 Å². The van der Waals surface area contributed by atoms with Crippen molar-refractivity contribution in [1.82, 2.24) is 20.2 Å². The van der Waals surface area contributed by atoms with Crippen LogP contribution < -0.4 is 0 Å². The van der Waals surface area contributed by atoms with Crippen LogP contribution in [-0.2, 0) is 24.7 Å². The lowest BCUT2D eigenvalue weighted by Gasteiger charge is -2.10. The van der Waals surface area contributed by atoms with Crippen LogP contribution in [0.1, 0.15) is 17.0 Å². The van der Waals surface area contributed by atoms with Crippen molar-refractivity contribution in [2.75, 3.05) is 0 Å². The van der Waals surface area contributed by atoms with Crippen LogP contribution in [0.15, 0.2) is 24.3 Å². The van der Waals surface area contributed by atoms with E-state index < -0.39 is 11.9 Å². The van der Waals surface area contributed by atoms with Gasteiger partial charge in [-0.05, 0) is 24.1 Å². The fourth-order valence-corrected chi connectivity index (χ4v) is 1.88. The first-order valence-electron chi connectivity index (χ1n) is 6.06. The highest BCUT2D eigenvalue weighted by atomic mass is 16.4. The number of aromatic nitrogens is 4. The number of benzene rings is 1. The van der Waals surface area contributed by atoms with Gasteiger partial charge >= 0.3 is 5.97 Å². The second kappa shape index (κ2) is 5.60. The maximum absolute atomic E-state index is 11.3. The third-order valence-corrected chi connectivity index (χ3v) is 2.93. The van der Waals surface area contributed by atoms with Crippen molar-refractivity contribution in [3.63, 3.8) is 0 Å². The summed E-state index contributed by atoms with van der Waals surface area (Å²) in [5.41, 5.74) is 2.16. The third-order valence-electron chi connectivity index (χ3n) is 2.93. The van der Waals surface area contributed by atoms with Gasteiger partial charge in [0.15, 0.2) is 5.82 Å². The first-order valence-corrected chi connectivity index (χ1v) is 6.06. The Morgan fingerprint density at radius 2 is 2.00 bits per heavy atom. The summed E-state index contributed by atoms with van der Waals surface area (Å²) in [5.74, 6) is -0.915. The predicted molar refractivity (Wildman–Crippen MR) is 68.5 cm³/mol. The fraction of sp³-hybridized carbons (Fsp3) is 0.385. The lowest BCUT2D eigenvalue weighted by atomic mass is 9.95. The van der Waals surface area contributed by atoms with Crippen LogP contribution in [0.2, 0.25) is 0 Å². The molecule has 6 heteroatoms. The minimum Gasteiger partial charge on any atom is -0.481 e. The van der Waals surface area contributed by atoms with Crippen LogP contribution in [-0.4, -0.2) is 31.3 Å². The number of rotatable bonds is 5. The molecule has 0 saturated heterocycles. The topological polar surface area (TPSA) is 80.9 Å². The largest absolute Gasteiger partial charge is 0.481 e. The summed E-state index contributed by atoms with van der Waals surface area (Å²) in [7, 11) is 1.66. The van der Waals surface area contributed by atoms with Gasteiger partial charge in [-0.15, -0.1) is 10.2 Å². The van der Waals surface area contributed by atoms with Crippen LogP contribution in [0.5, 0.6) is 0 Å². The number of aliphatic carboxylic acids is 1. The fourth-order valence-electron chi connectivity index (χ4n) is 1.88. The van der Waals surface area contributed by atoms with Crippen LogP contribution in [0.3, 0.4) is 0 Å². The number of tetrazole rings is 1. The molecule has 0 aliphatic rings. The number of carboxylic acid groups (broad SMARTS) is 1. The number of carboxylic acids is 1. The van der Waals surface area contributed by atoms with Crippen LogP contribution in [0, 0.1) is 12.8 Å². The first kappa shape index (κ1) is 13.2. The molecule has 1 aromatic carbocycles. The molecule has 0 bridgehead atoms. The molecule has 1 aromatic heterocycles. The molecule has 1 atom stereocenters. The maximum Gasteiger partial charge on any atom is 0.307 e. The molecule has 0 amide bonds. The number of carbonyl (C=O) groups is 1. The van der Waals surface area contributed by atoms with Crippen LogP contribution >= 0.6 is 0 Å². The lowest BCUT2D eigenvalue weighted by Crippen LogP contribution is -2.20. The second-order valence-corrected chi connectivity index (χ2v) is 4.62. The predicted octanol–water partition coefficient (Wildman–Crippen LogP) is 1.00. The highest BCUT2D eigenvalue weighted by Crippen LogP contribution is 2.13. The van der Waals surface area contributed by atoms with E-state index in [0.717, 1.165) is 11.1 Å². The Morgan fingerprint density at radius 1 is 1.32 bits per heavy atom. The summed E-state index contributed by atoms with van der Waals surface area (Å²) in [5, 5.41) is 20.8. The molecule has 1 N–H and O–H groups in total. The van der Waals surface area contributed by atoms with Gasteiger partial charge in [0.2, 0.25) is 0 Å². The molecule has 0 radical (unpaired) electrons. The van der Waals surface area contributed by atoms with E-state index in [1.807, 2.05) is 31.2 Å². The van der Waals surface area contributed by atoms with E-state index in [0.29, 0.717) is 12.2 Å². The third kappa shape index (κ3) is 3.61. The summed E-state index contributed by atoms with van der Waals surface area (Å²) in [6.45, 7) is 2.00. The monoisotopic (exact) mass is 260 g/mol. The molecule has 0 saturated carbocycles. The summed E-state index contributed by atoms with van der Waals surface area (Å²) in [4.78, 5) is 12.6. The molecule has 2 aromatic rings. The Hall–Kier alpha value is -2.24. The molecular weight excluding hydrogens is 244 g/mol. The lowest BCUT2D eigenvalue weighted by molar-refractivity contribution is -0.141. The molecule has 0 fully saturated rings.